The summed E-state index contributed by atoms with van der Waals surface area (Å²) >= 11 is 0. The van der Waals surface area contributed by atoms with Gasteiger partial charge in [0.25, 0.3) is 0 Å². The fraction of sp³-hybridized carbons (Fsp3) is 0.318. The standard InChI is InChI=1S/C22H22N6/c1-15-10-22(13-27(14-22)12-21-23-6-7-24-21)20-9-19(26-28(15)20)17-8-16-4-2-3-5-18(16)25-11-17/h2-9,11,15H,10,12-14H2,1H3,(H,23,24)/t15-/m1/s1. The number of imidazole rings is 1. The number of hydrogen-bond acceptors (Lipinski definition) is 4. The van der Waals surface area contributed by atoms with Crippen molar-refractivity contribution in [3.8, 4) is 11.3 Å². The lowest BCUT2D eigenvalue weighted by Crippen LogP contribution is -2.57. The molecule has 0 aliphatic carbocycles. The fourth-order valence-corrected chi connectivity index (χ4v) is 5.04. The molecule has 3 aromatic heterocycles. The monoisotopic (exact) mass is 370 g/mol. The van der Waals surface area contributed by atoms with Gasteiger partial charge in [0.2, 0.25) is 0 Å². The third-order valence-electron chi connectivity index (χ3n) is 6.25. The molecule has 6 heteroatoms. The molecule has 0 saturated carbocycles. The van der Waals surface area contributed by atoms with Gasteiger partial charge in [-0.1, -0.05) is 18.2 Å². The van der Waals surface area contributed by atoms with Gasteiger partial charge in [-0.25, -0.2) is 4.98 Å². The Morgan fingerprint density at radius 1 is 1.18 bits per heavy atom. The van der Waals surface area contributed by atoms with E-state index in [2.05, 4.69) is 55.7 Å². The van der Waals surface area contributed by atoms with Crippen LogP contribution in [0.15, 0.2) is 55.0 Å². The molecule has 2 aliphatic rings. The summed E-state index contributed by atoms with van der Waals surface area (Å²) in [7, 11) is 0. The van der Waals surface area contributed by atoms with Crippen LogP contribution in [0.5, 0.6) is 0 Å². The molecule has 0 bridgehead atoms. The Balaban J connectivity index is 1.31. The van der Waals surface area contributed by atoms with E-state index in [1.165, 1.54) is 12.1 Å². The highest BCUT2D eigenvalue weighted by molar-refractivity contribution is 5.82. The number of para-hydroxylation sites is 1. The van der Waals surface area contributed by atoms with E-state index in [1.807, 2.05) is 30.7 Å². The molecular weight excluding hydrogens is 348 g/mol. The molecule has 1 N–H and O–H groups in total. The van der Waals surface area contributed by atoms with E-state index in [9.17, 15) is 0 Å². The van der Waals surface area contributed by atoms with Gasteiger partial charge < -0.3 is 4.98 Å². The molecular formula is C22H22N6. The summed E-state index contributed by atoms with van der Waals surface area (Å²) in [5.41, 5.74) is 4.74. The van der Waals surface area contributed by atoms with Crippen molar-refractivity contribution in [1.29, 1.82) is 0 Å². The Bertz CT molecular complexity index is 1150. The van der Waals surface area contributed by atoms with Gasteiger partial charge in [-0.15, -0.1) is 0 Å². The van der Waals surface area contributed by atoms with Crippen LogP contribution >= 0.6 is 0 Å². The molecule has 0 amide bonds. The van der Waals surface area contributed by atoms with Crippen LogP contribution in [0.25, 0.3) is 22.2 Å². The number of aromatic amines is 1. The van der Waals surface area contributed by atoms with Crippen LogP contribution in [0.2, 0.25) is 0 Å². The number of aromatic nitrogens is 5. The van der Waals surface area contributed by atoms with Crippen LogP contribution in [0, 0.1) is 0 Å². The van der Waals surface area contributed by atoms with Crippen molar-refractivity contribution in [1.82, 2.24) is 29.6 Å². The van der Waals surface area contributed by atoms with Crippen molar-refractivity contribution in [3.05, 3.63) is 66.5 Å². The molecule has 5 heterocycles. The first-order valence-corrected chi connectivity index (χ1v) is 9.86. The highest BCUT2D eigenvalue weighted by Gasteiger charge is 2.51. The highest BCUT2D eigenvalue weighted by Crippen LogP contribution is 2.48. The molecule has 28 heavy (non-hydrogen) atoms. The molecule has 0 unspecified atom stereocenters. The normalized spacial score (nSPS) is 20.5. The first kappa shape index (κ1) is 16.0. The Morgan fingerprint density at radius 3 is 2.93 bits per heavy atom. The lowest BCUT2D eigenvalue weighted by Gasteiger charge is -2.47. The summed E-state index contributed by atoms with van der Waals surface area (Å²) < 4.78 is 2.24. The number of nitrogens with zero attached hydrogens (tertiary/aromatic N) is 5. The van der Waals surface area contributed by atoms with Crippen LogP contribution < -0.4 is 0 Å². The highest BCUT2D eigenvalue weighted by atomic mass is 15.4. The molecule has 1 fully saturated rings. The van der Waals surface area contributed by atoms with Crippen LogP contribution in [0.3, 0.4) is 0 Å². The van der Waals surface area contributed by atoms with Gasteiger partial charge in [-0.05, 0) is 31.5 Å². The van der Waals surface area contributed by atoms with Crippen molar-refractivity contribution in [2.24, 2.45) is 0 Å². The first-order chi connectivity index (χ1) is 13.7. The van der Waals surface area contributed by atoms with Gasteiger partial charge in [-0.2, -0.15) is 5.10 Å². The van der Waals surface area contributed by atoms with Crippen LogP contribution in [-0.4, -0.2) is 42.7 Å². The molecule has 6 nitrogen and oxygen atoms in total. The predicted molar refractivity (Wildman–Crippen MR) is 108 cm³/mol. The van der Waals surface area contributed by atoms with E-state index >= 15 is 0 Å². The SMILES string of the molecule is C[C@@H]1CC2(CN(Cc3ncc[nH]3)C2)c2cc(-c3cnc4ccccc4c3)nn21. The van der Waals surface area contributed by atoms with Crippen molar-refractivity contribution in [2.45, 2.75) is 31.3 Å². The number of rotatable bonds is 3. The third-order valence-corrected chi connectivity index (χ3v) is 6.25. The molecule has 1 spiro atoms. The van der Waals surface area contributed by atoms with Crippen LogP contribution in [0.1, 0.15) is 30.9 Å². The van der Waals surface area contributed by atoms with E-state index in [4.69, 9.17) is 5.10 Å². The Kier molecular flexibility index (Phi) is 3.29. The number of fused-ring (bicyclic) bond motifs is 3. The van der Waals surface area contributed by atoms with Gasteiger partial charge in [-0.3, -0.25) is 14.6 Å². The molecule has 2 aliphatic heterocycles. The van der Waals surface area contributed by atoms with Gasteiger partial charge in [0.05, 0.1) is 23.8 Å². The summed E-state index contributed by atoms with van der Waals surface area (Å²) in [6, 6.07) is 13.2. The lowest BCUT2D eigenvalue weighted by molar-refractivity contribution is 0.0533. The third kappa shape index (κ3) is 2.34. The summed E-state index contributed by atoms with van der Waals surface area (Å²) in [6.45, 7) is 5.31. The maximum atomic E-state index is 4.97. The van der Waals surface area contributed by atoms with Crippen molar-refractivity contribution >= 4 is 10.9 Å². The second kappa shape index (κ2) is 5.75. The molecule has 6 rings (SSSR count). The maximum absolute atomic E-state index is 4.97. The quantitative estimate of drug-likeness (QED) is 0.599. The average Bonchev–Trinajstić information content (AvgIpc) is 3.40. The zero-order chi connectivity index (χ0) is 18.7. The number of H-pyrrole nitrogens is 1. The Morgan fingerprint density at radius 2 is 2.07 bits per heavy atom. The number of nitrogens with one attached hydrogen (secondary N) is 1. The van der Waals surface area contributed by atoms with Gasteiger partial charge in [0.1, 0.15) is 5.82 Å². The van der Waals surface area contributed by atoms with E-state index in [-0.39, 0.29) is 5.41 Å². The zero-order valence-electron chi connectivity index (χ0n) is 15.8. The Labute approximate surface area is 163 Å². The van der Waals surface area contributed by atoms with E-state index < -0.39 is 0 Å². The predicted octanol–water partition coefficient (Wildman–Crippen LogP) is 3.54. The van der Waals surface area contributed by atoms with E-state index in [0.29, 0.717) is 6.04 Å². The minimum atomic E-state index is 0.224. The second-order valence-electron chi connectivity index (χ2n) is 8.29. The van der Waals surface area contributed by atoms with Gasteiger partial charge in [0.15, 0.2) is 0 Å². The maximum Gasteiger partial charge on any atom is 0.120 e. The fourth-order valence-electron chi connectivity index (χ4n) is 5.04. The minimum Gasteiger partial charge on any atom is -0.348 e. The topological polar surface area (TPSA) is 62.6 Å². The van der Waals surface area contributed by atoms with E-state index in [0.717, 1.165) is 47.6 Å². The minimum absolute atomic E-state index is 0.224. The molecule has 1 atom stereocenters. The zero-order valence-corrected chi connectivity index (χ0v) is 15.8. The number of hydrogen-bond donors (Lipinski definition) is 1. The summed E-state index contributed by atoms with van der Waals surface area (Å²) in [5.74, 6) is 1.04. The largest absolute Gasteiger partial charge is 0.348 e. The summed E-state index contributed by atoms with van der Waals surface area (Å²) in [4.78, 5) is 14.6. The Hall–Kier alpha value is -2.99. The molecule has 0 radical (unpaired) electrons. The van der Waals surface area contributed by atoms with Crippen LogP contribution in [0.4, 0.5) is 0 Å². The molecule has 140 valence electrons. The smallest absolute Gasteiger partial charge is 0.120 e. The molecule has 4 aromatic rings. The van der Waals surface area contributed by atoms with Crippen molar-refractivity contribution in [3.63, 3.8) is 0 Å². The number of likely N-dealkylation sites (tertiary alicyclic amines) is 1. The van der Waals surface area contributed by atoms with Gasteiger partial charge >= 0.3 is 0 Å². The number of benzene rings is 1. The summed E-state index contributed by atoms with van der Waals surface area (Å²) in [5, 5.41) is 6.12. The second-order valence-corrected chi connectivity index (χ2v) is 8.29. The number of pyridine rings is 1. The van der Waals surface area contributed by atoms with E-state index in [1.54, 1.807) is 0 Å². The summed E-state index contributed by atoms with van der Waals surface area (Å²) in [6.07, 6.45) is 6.82. The lowest BCUT2D eigenvalue weighted by atomic mass is 9.74. The average molecular weight is 370 g/mol. The van der Waals surface area contributed by atoms with Crippen molar-refractivity contribution < 1.29 is 0 Å². The van der Waals surface area contributed by atoms with Crippen LogP contribution in [-0.2, 0) is 12.0 Å². The van der Waals surface area contributed by atoms with Crippen molar-refractivity contribution in [2.75, 3.05) is 13.1 Å². The van der Waals surface area contributed by atoms with Gasteiger partial charge in [0, 0.05) is 53.7 Å². The first-order valence-electron chi connectivity index (χ1n) is 9.86. The molecule has 1 saturated heterocycles. The molecule has 1 aromatic carbocycles.